The van der Waals surface area contributed by atoms with Crippen LogP contribution in [0.1, 0.15) is 57.1 Å². The predicted molar refractivity (Wildman–Crippen MR) is 96.0 cm³/mol. The molecule has 7 nitrogen and oxygen atoms in total. The van der Waals surface area contributed by atoms with E-state index in [1.165, 1.54) is 19.3 Å². The van der Waals surface area contributed by atoms with E-state index in [-0.39, 0.29) is 0 Å². The van der Waals surface area contributed by atoms with Crippen LogP contribution in [0.5, 0.6) is 0 Å². The highest BCUT2D eigenvalue weighted by atomic mass is 16.5. The molecule has 1 fully saturated rings. The zero-order valence-electron chi connectivity index (χ0n) is 15.3. The van der Waals surface area contributed by atoms with Crippen molar-refractivity contribution in [2.45, 2.75) is 65.0 Å². The van der Waals surface area contributed by atoms with Gasteiger partial charge in [0.2, 0.25) is 0 Å². The largest absolute Gasteiger partial charge is 0.376 e. The fourth-order valence-electron chi connectivity index (χ4n) is 2.69. The third-order valence-corrected chi connectivity index (χ3v) is 4.41. The fraction of sp³-hybridized carbons (Fsp3) is 0.824. The second kappa shape index (κ2) is 10.3. The van der Waals surface area contributed by atoms with E-state index in [2.05, 4.69) is 32.7 Å². The molecule has 136 valence electrons. The lowest BCUT2D eigenvalue weighted by Crippen LogP contribution is -2.41. The molecule has 1 aromatic rings. The number of unbranched alkanes of at least 4 members (excludes halogenated alkanes) is 3. The first-order valence-corrected chi connectivity index (χ1v) is 9.19. The maximum atomic E-state index is 5.67. The van der Waals surface area contributed by atoms with Crippen LogP contribution in [0.25, 0.3) is 0 Å². The van der Waals surface area contributed by atoms with Crippen molar-refractivity contribution in [3.05, 3.63) is 11.6 Å². The minimum absolute atomic E-state index is 0.300. The summed E-state index contributed by atoms with van der Waals surface area (Å²) in [6, 6.07) is 0. The van der Waals surface area contributed by atoms with Crippen molar-refractivity contribution in [3.8, 4) is 0 Å². The molecule has 0 aromatic carbocycles. The molecule has 2 N–H and O–H groups in total. The molecule has 1 unspecified atom stereocenters. The van der Waals surface area contributed by atoms with E-state index in [1.807, 2.05) is 18.5 Å². The summed E-state index contributed by atoms with van der Waals surface area (Å²) in [7, 11) is 1.97. The van der Waals surface area contributed by atoms with Crippen molar-refractivity contribution < 1.29 is 4.74 Å². The van der Waals surface area contributed by atoms with E-state index in [0.29, 0.717) is 12.6 Å². The first-order valence-electron chi connectivity index (χ1n) is 9.19. The molecule has 7 heteroatoms. The minimum Gasteiger partial charge on any atom is -0.376 e. The first kappa shape index (κ1) is 18.7. The molecule has 0 spiro atoms. The van der Waals surface area contributed by atoms with Gasteiger partial charge < -0.3 is 19.9 Å². The number of aromatic nitrogens is 3. The van der Waals surface area contributed by atoms with Crippen molar-refractivity contribution in [2.75, 3.05) is 19.7 Å². The van der Waals surface area contributed by atoms with Crippen molar-refractivity contribution in [1.29, 1.82) is 0 Å². The Balaban J connectivity index is 1.84. The smallest absolute Gasteiger partial charge is 0.191 e. The number of nitrogens with one attached hydrogen (secondary N) is 2. The van der Waals surface area contributed by atoms with E-state index in [0.717, 1.165) is 56.6 Å². The third-order valence-electron chi connectivity index (χ3n) is 4.41. The van der Waals surface area contributed by atoms with Crippen LogP contribution in [-0.2, 0) is 18.3 Å². The molecule has 1 aliphatic rings. The topological polar surface area (TPSA) is 76.4 Å². The summed E-state index contributed by atoms with van der Waals surface area (Å²) < 4.78 is 7.65. The highest BCUT2D eigenvalue weighted by Gasteiger charge is 2.15. The zero-order valence-corrected chi connectivity index (χ0v) is 15.3. The zero-order chi connectivity index (χ0) is 17.2. The van der Waals surface area contributed by atoms with E-state index < -0.39 is 0 Å². The van der Waals surface area contributed by atoms with Gasteiger partial charge in [0.05, 0.1) is 6.10 Å². The summed E-state index contributed by atoms with van der Waals surface area (Å²) in [5.41, 5.74) is 0. The van der Waals surface area contributed by atoms with Gasteiger partial charge in [-0.25, -0.2) is 4.99 Å². The molecular weight excluding hydrogens is 304 g/mol. The van der Waals surface area contributed by atoms with Crippen LogP contribution < -0.4 is 10.6 Å². The SMILES string of the molecule is CCCCCCNC(=NCc1nnc(C)n1C)NCC1CCCO1. The van der Waals surface area contributed by atoms with Gasteiger partial charge in [0.25, 0.3) is 0 Å². The Morgan fingerprint density at radius 1 is 1.29 bits per heavy atom. The number of guanidine groups is 1. The number of aliphatic imine (C=N–C) groups is 1. The third kappa shape index (κ3) is 6.11. The van der Waals surface area contributed by atoms with Crippen LogP contribution in [0, 0.1) is 6.92 Å². The molecule has 0 radical (unpaired) electrons. The monoisotopic (exact) mass is 336 g/mol. The number of hydrogen-bond acceptors (Lipinski definition) is 4. The van der Waals surface area contributed by atoms with E-state index in [4.69, 9.17) is 4.74 Å². The average molecular weight is 336 g/mol. The quantitative estimate of drug-likeness (QED) is 0.409. The standard InChI is InChI=1S/C17H32N6O/c1-4-5-6-7-10-18-17(19-12-15-9-8-11-24-15)20-13-16-22-21-14(2)23(16)3/h15H,4-13H2,1-3H3,(H2,18,19,20). The number of nitrogens with zero attached hydrogens (tertiary/aromatic N) is 4. The van der Waals surface area contributed by atoms with Gasteiger partial charge in [-0.05, 0) is 26.2 Å². The van der Waals surface area contributed by atoms with Gasteiger partial charge in [0.1, 0.15) is 12.4 Å². The fourth-order valence-corrected chi connectivity index (χ4v) is 2.69. The molecule has 1 atom stereocenters. The van der Waals surface area contributed by atoms with Gasteiger partial charge in [-0.2, -0.15) is 0 Å². The average Bonchev–Trinajstić information content (AvgIpc) is 3.21. The number of ether oxygens (including phenoxy) is 1. The summed E-state index contributed by atoms with van der Waals surface area (Å²) in [4.78, 5) is 4.66. The Labute approximate surface area is 145 Å². The van der Waals surface area contributed by atoms with Crippen molar-refractivity contribution in [3.63, 3.8) is 0 Å². The van der Waals surface area contributed by atoms with Gasteiger partial charge in [-0.1, -0.05) is 26.2 Å². The lowest BCUT2D eigenvalue weighted by atomic mass is 10.2. The molecular formula is C17H32N6O. The molecule has 2 heterocycles. The molecule has 1 aliphatic heterocycles. The van der Waals surface area contributed by atoms with Crippen LogP contribution in [0.2, 0.25) is 0 Å². The normalized spacial score (nSPS) is 18.1. The van der Waals surface area contributed by atoms with Crippen LogP contribution in [0.15, 0.2) is 4.99 Å². The van der Waals surface area contributed by atoms with Crippen LogP contribution in [0.4, 0.5) is 0 Å². The highest BCUT2D eigenvalue weighted by molar-refractivity contribution is 5.79. The predicted octanol–water partition coefficient (Wildman–Crippen LogP) is 1.92. The Morgan fingerprint density at radius 2 is 2.17 bits per heavy atom. The summed E-state index contributed by atoms with van der Waals surface area (Å²) >= 11 is 0. The van der Waals surface area contributed by atoms with E-state index in [1.54, 1.807) is 0 Å². The van der Waals surface area contributed by atoms with Crippen LogP contribution in [-0.4, -0.2) is 46.5 Å². The molecule has 2 rings (SSSR count). The summed E-state index contributed by atoms with van der Waals surface area (Å²) in [6.07, 6.45) is 7.54. The second-order valence-corrected chi connectivity index (χ2v) is 6.39. The number of hydrogen-bond donors (Lipinski definition) is 2. The van der Waals surface area contributed by atoms with Gasteiger partial charge in [-0.3, -0.25) is 0 Å². The Hall–Kier alpha value is -1.63. The van der Waals surface area contributed by atoms with Crippen molar-refractivity contribution in [2.24, 2.45) is 12.0 Å². The molecule has 0 bridgehead atoms. The van der Waals surface area contributed by atoms with Crippen LogP contribution >= 0.6 is 0 Å². The number of aryl methyl sites for hydroxylation is 1. The lowest BCUT2D eigenvalue weighted by molar-refractivity contribution is 0.114. The van der Waals surface area contributed by atoms with Crippen molar-refractivity contribution >= 4 is 5.96 Å². The van der Waals surface area contributed by atoms with Crippen molar-refractivity contribution in [1.82, 2.24) is 25.4 Å². The summed E-state index contributed by atoms with van der Waals surface area (Å²) in [6.45, 7) is 7.32. The van der Waals surface area contributed by atoms with Crippen LogP contribution in [0.3, 0.4) is 0 Å². The van der Waals surface area contributed by atoms with E-state index in [9.17, 15) is 0 Å². The molecule has 0 saturated carbocycles. The minimum atomic E-state index is 0.300. The van der Waals surface area contributed by atoms with Gasteiger partial charge in [0.15, 0.2) is 11.8 Å². The number of rotatable bonds is 9. The Bertz CT molecular complexity index is 507. The summed E-state index contributed by atoms with van der Waals surface area (Å²) in [5.74, 6) is 2.61. The first-order chi connectivity index (χ1) is 11.7. The molecule has 0 aliphatic carbocycles. The highest BCUT2D eigenvalue weighted by Crippen LogP contribution is 2.10. The molecule has 0 amide bonds. The maximum Gasteiger partial charge on any atom is 0.191 e. The Kier molecular flexibility index (Phi) is 8.01. The maximum absolute atomic E-state index is 5.67. The van der Waals surface area contributed by atoms with E-state index >= 15 is 0 Å². The summed E-state index contributed by atoms with van der Waals surface area (Å²) in [5, 5.41) is 15.1. The molecule has 1 aromatic heterocycles. The van der Waals surface area contributed by atoms with Gasteiger partial charge in [-0.15, -0.1) is 10.2 Å². The Morgan fingerprint density at radius 3 is 2.83 bits per heavy atom. The molecule has 1 saturated heterocycles. The molecule has 24 heavy (non-hydrogen) atoms. The van der Waals surface area contributed by atoms with Gasteiger partial charge >= 0.3 is 0 Å². The second-order valence-electron chi connectivity index (χ2n) is 6.39. The lowest BCUT2D eigenvalue weighted by Gasteiger charge is -2.15. The van der Waals surface area contributed by atoms with Gasteiger partial charge in [0, 0.05) is 26.7 Å².